The van der Waals surface area contributed by atoms with Crippen LogP contribution in [0.5, 0.6) is 5.75 Å². The van der Waals surface area contributed by atoms with Crippen molar-refractivity contribution in [3.05, 3.63) is 70.9 Å². The molecule has 0 aliphatic heterocycles. The standard InChI is InChI=1S/C20H16BrN3O3S/c1-2-26-14-6-7-15-17(11-14)28-20(23-15)24(12-13-5-3-4-10-22-13)19(25)16-8-9-18(21)27-16/h3-11H,2,12H2,1H3. The first-order valence-corrected chi connectivity index (χ1v) is 10.3. The van der Waals surface area contributed by atoms with Crippen molar-refractivity contribution in [1.82, 2.24) is 9.97 Å². The molecule has 8 heteroatoms. The van der Waals surface area contributed by atoms with E-state index in [-0.39, 0.29) is 18.2 Å². The van der Waals surface area contributed by atoms with Gasteiger partial charge in [-0.15, -0.1) is 0 Å². The number of ether oxygens (including phenoxy) is 1. The molecule has 0 unspecified atom stereocenters. The van der Waals surface area contributed by atoms with E-state index in [0.29, 0.717) is 16.4 Å². The van der Waals surface area contributed by atoms with E-state index in [2.05, 4.69) is 25.9 Å². The van der Waals surface area contributed by atoms with Crippen LogP contribution in [-0.4, -0.2) is 22.5 Å². The zero-order chi connectivity index (χ0) is 19.5. The summed E-state index contributed by atoms with van der Waals surface area (Å²) in [5, 5.41) is 0.576. The van der Waals surface area contributed by atoms with Gasteiger partial charge in [0.25, 0.3) is 5.91 Å². The summed E-state index contributed by atoms with van der Waals surface area (Å²) in [6, 6.07) is 14.6. The Balaban J connectivity index is 1.73. The first kappa shape index (κ1) is 18.6. The maximum Gasteiger partial charge on any atom is 0.296 e. The molecule has 3 aromatic heterocycles. The highest BCUT2D eigenvalue weighted by molar-refractivity contribution is 9.10. The number of hydrogen-bond acceptors (Lipinski definition) is 6. The van der Waals surface area contributed by atoms with Gasteiger partial charge in [0, 0.05) is 6.20 Å². The monoisotopic (exact) mass is 457 g/mol. The summed E-state index contributed by atoms with van der Waals surface area (Å²) < 4.78 is 12.5. The quantitative estimate of drug-likeness (QED) is 0.393. The van der Waals surface area contributed by atoms with Gasteiger partial charge in [0.1, 0.15) is 5.75 Å². The van der Waals surface area contributed by atoms with Gasteiger partial charge in [0.2, 0.25) is 0 Å². The number of thiazole rings is 1. The molecule has 0 spiro atoms. The molecule has 0 saturated carbocycles. The van der Waals surface area contributed by atoms with Crippen molar-refractivity contribution in [3.8, 4) is 5.75 Å². The van der Waals surface area contributed by atoms with Crippen molar-refractivity contribution < 1.29 is 13.9 Å². The SMILES string of the molecule is CCOc1ccc2nc(N(Cc3ccccn3)C(=O)c3ccc(Br)o3)sc2c1. The van der Waals surface area contributed by atoms with Gasteiger partial charge in [-0.05, 0) is 65.3 Å². The van der Waals surface area contributed by atoms with Gasteiger partial charge < -0.3 is 9.15 Å². The van der Waals surface area contributed by atoms with Crippen molar-refractivity contribution in [2.24, 2.45) is 0 Å². The highest BCUT2D eigenvalue weighted by atomic mass is 79.9. The average molecular weight is 458 g/mol. The molecule has 142 valence electrons. The fourth-order valence-electron chi connectivity index (χ4n) is 2.71. The summed E-state index contributed by atoms with van der Waals surface area (Å²) in [5.74, 6) is 0.736. The first-order chi connectivity index (χ1) is 13.6. The molecule has 28 heavy (non-hydrogen) atoms. The van der Waals surface area contributed by atoms with Crippen molar-refractivity contribution in [2.75, 3.05) is 11.5 Å². The molecule has 6 nitrogen and oxygen atoms in total. The summed E-state index contributed by atoms with van der Waals surface area (Å²) in [7, 11) is 0. The van der Waals surface area contributed by atoms with Crippen molar-refractivity contribution in [1.29, 1.82) is 0 Å². The molecule has 4 rings (SSSR count). The molecular weight excluding hydrogens is 442 g/mol. The second-order valence-corrected chi connectivity index (χ2v) is 7.67. The average Bonchev–Trinajstić information content (AvgIpc) is 3.32. The van der Waals surface area contributed by atoms with E-state index in [1.165, 1.54) is 11.3 Å². The number of amides is 1. The number of benzene rings is 1. The van der Waals surface area contributed by atoms with Crippen molar-refractivity contribution >= 4 is 48.5 Å². The zero-order valence-corrected chi connectivity index (χ0v) is 17.4. The lowest BCUT2D eigenvalue weighted by Crippen LogP contribution is -2.30. The number of carbonyl (C=O) groups is 1. The molecule has 0 fully saturated rings. The summed E-state index contributed by atoms with van der Waals surface area (Å²) >= 11 is 4.67. The smallest absolute Gasteiger partial charge is 0.296 e. The minimum absolute atomic E-state index is 0.233. The summed E-state index contributed by atoms with van der Waals surface area (Å²) in [6.07, 6.45) is 1.70. The maximum atomic E-state index is 13.1. The van der Waals surface area contributed by atoms with Crippen LogP contribution in [-0.2, 0) is 6.54 Å². The molecule has 0 saturated heterocycles. The largest absolute Gasteiger partial charge is 0.494 e. The number of nitrogens with zero attached hydrogens (tertiary/aromatic N) is 3. The Labute approximate surface area is 173 Å². The van der Waals surface area contributed by atoms with Gasteiger partial charge >= 0.3 is 0 Å². The number of halogens is 1. The molecule has 0 atom stereocenters. The number of rotatable bonds is 6. The Morgan fingerprint density at radius 1 is 1.25 bits per heavy atom. The highest BCUT2D eigenvalue weighted by Crippen LogP contribution is 2.33. The molecule has 3 heterocycles. The number of carbonyl (C=O) groups excluding carboxylic acids is 1. The van der Waals surface area contributed by atoms with E-state index in [4.69, 9.17) is 9.15 Å². The van der Waals surface area contributed by atoms with E-state index in [0.717, 1.165) is 21.7 Å². The lowest BCUT2D eigenvalue weighted by atomic mass is 10.3. The van der Waals surface area contributed by atoms with Crippen LogP contribution in [0.15, 0.2) is 63.8 Å². The number of hydrogen-bond donors (Lipinski definition) is 0. The van der Waals surface area contributed by atoms with Crippen LogP contribution in [0.4, 0.5) is 5.13 Å². The molecule has 0 aliphatic rings. The van der Waals surface area contributed by atoms with Gasteiger partial charge in [0.05, 0.1) is 29.1 Å². The zero-order valence-electron chi connectivity index (χ0n) is 15.0. The third kappa shape index (κ3) is 3.93. The van der Waals surface area contributed by atoms with Crippen LogP contribution in [0.25, 0.3) is 10.2 Å². The highest BCUT2D eigenvalue weighted by Gasteiger charge is 2.24. The topological polar surface area (TPSA) is 68.5 Å². The molecule has 1 aromatic carbocycles. The van der Waals surface area contributed by atoms with E-state index in [9.17, 15) is 4.79 Å². The van der Waals surface area contributed by atoms with E-state index < -0.39 is 0 Å². The number of furan rings is 1. The normalized spacial score (nSPS) is 10.9. The predicted octanol–water partition coefficient (Wildman–Crippen LogP) is 5.29. The second kappa shape index (κ2) is 8.12. The molecule has 0 bridgehead atoms. The van der Waals surface area contributed by atoms with Gasteiger partial charge in [-0.25, -0.2) is 4.98 Å². The van der Waals surface area contributed by atoms with E-state index in [1.54, 1.807) is 23.2 Å². The van der Waals surface area contributed by atoms with Gasteiger partial charge in [-0.1, -0.05) is 17.4 Å². The molecule has 0 radical (unpaired) electrons. The number of fused-ring (bicyclic) bond motifs is 1. The van der Waals surface area contributed by atoms with Gasteiger partial charge in [-0.3, -0.25) is 14.7 Å². The lowest BCUT2D eigenvalue weighted by Gasteiger charge is -2.18. The Kier molecular flexibility index (Phi) is 5.40. The Morgan fingerprint density at radius 3 is 2.86 bits per heavy atom. The van der Waals surface area contributed by atoms with E-state index in [1.807, 2.05) is 43.3 Å². The molecular formula is C20H16BrN3O3S. The third-order valence-corrected chi connectivity index (χ3v) is 5.43. The third-order valence-electron chi connectivity index (χ3n) is 3.97. The first-order valence-electron chi connectivity index (χ1n) is 8.64. The Hall–Kier alpha value is -2.71. The minimum Gasteiger partial charge on any atom is -0.494 e. The lowest BCUT2D eigenvalue weighted by molar-refractivity contribution is 0.0957. The van der Waals surface area contributed by atoms with Crippen LogP contribution in [0, 0.1) is 0 Å². The van der Waals surface area contributed by atoms with Crippen LogP contribution >= 0.6 is 27.3 Å². The second-order valence-electron chi connectivity index (χ2n) is 5.88. The molecule has 0 N–H and O–H groups in total. The number of anilines is 1. The Morgan fingerprint density at radius 2 is 2.14 bits per heavy atom. The summed E-state index contributed by atoms with van der Waals surface area (Å²) in [6.45, 7) is 2.82. The molecule has 0 aliphatic carbocycles. The van der Waals surface area contributed by atoms with Crippen LogP contribution < -0.4 is 9.64 Å². The fourth-order valence-corrected chi connectivity index (χ4v) is 4.01. The minimum atomic E-state index is -0.277. The van der Waals surface area contributed by atoms with Crippen molar-refractivity contribution in [2.45, 2.75) is 13.5 Å². The molecule has 4 aromatic rings. The van der Waals surface area contributed by atoms with Crippen LogP contribution in [0.2, 0.25) is 0 Å². The van der Waals surface area contributed by atoms with Gasteiger partial charge in [0.15, 0.2) is 15.6 Å². The fraction of sp³-hybridized carbons (Fsp3) is 0.150. The summed E-state index contributed by atoms with van der Waals surface area (Å²) in [4.78, 5) is 23.7. The van der Waals surface area contributed by atoms with Crippen LogP contribution in [0.1, 0.15) is 23.2 Å². The number of pyridine rings is 1. The summed E-state index contributed by atoms with van der Waals surface area (Å²) in [5.41, 5.74) is 1.57. The maximum absolute atomic E-state index is 13.1. The van der Waals surface area contributed by atoms with Crippen molar-refractivity contribution in [3.63, 3.8) is 0 Å². The Bertz CT molecular complexity index is 1110. The van der Waals surface area contributed by atoms with Gasteiger partial charge in [-0.2, -0.15) is 0 Å². The van der Waals surface area contributed by atoms with E-state index >= 15 is 0 Å². The number of aromatic nitrogens is 2. The molecule has 1 amide bonds. The predicted molar refractivity (Wildman–Crippen MR) is 112 cm³/mol. The van der Waals surface area contributed by atoms with Crippen LogP contribution in [0.3, 0.4) is 0 Å².